The number of ether oxygens (including phenoxy) is 1. The van der Waals surface area contributed by atoms with Crippen LogP contribution in [0.3, 0.4) is 0 Å². The van der Waals surface area contributed by atoms with Crippen LogP contribution in [0, 0.1) is 11.3 Å². The third-order valence-electron chi connectivity index (χ3n) is 5.83. The molecule has 1 spiro atoms. The molecule has 0 unspecified atom stereocenters. The molecule has 2 fully saturated rings. The van der Waals surface area contributed by atoms with Crippen LogP contribution < -0.4 is 0 Å². The molecule has 1 aromatic carbocycles. The molecule has 1 atom stereocenters. The molecule has 0 bridgehead atoms. The number of likely N-dealkylation sites (tertiary alicyclic amines) is 2. The van der Waals surface area contributed by atoms with Crippen LogP contribution in [-0.2, 0) is 16.1 Å². The van der Waals surface area contributed by atoms with E-state index in [0.717, 1.165) is 57.2 Å². The average Bonchev–Trinajstić information content (AvgIpc) is 2.91. The van der Waals surface area contributed by atoms with E-state index in [1.165, 1.54) is 5.56 Å². The van der Waals surface area contributed by atoms with Crippen LogP contribution in [0.5, 0.6) is 0 Å². The molecule has 0 radical (unpaired) electrons. The SMILES string of the molecule is COC[C@@H]1CN(C(C)=O)CC12CCN(Cc1ccccc1Cl)CC2. The molecule has 24 heavy (non-hydrogen) atoms. The number of nitrogens with zero attached hydrogens (tertiary/aromatic N) is 2. The van der Waals surface area contributed by atoms with Crippen molar-refractivity contribution in [1.82, 2.24) is 9.80 Å². The summed E-state index contributed by atoms with van der Waals surface area (Å²) < 4.78 is 5.45. The van der Waals surface area contributed by atoms with Crippen molar-refractivity contribution in [2.75, 3.05) is 39.9 Å². The Bertz CT molecular complexity index is 584. The van der Waals surface area contributed by atoms with E-state index >= 15 is 0 Å². The van der Waals surface area contributed by atoms with Crippen LogP contribution in [0.4, 0.5) is 0 Å². The molecule has 2 heterocycles. The predicted molar refractivity (Wildman–Crippen MR) is 96.0 cm³/mol. The zero-order valence-electron chi connectivity index (χ0n) is 14.6. The van der Waals surface area contributed by atoms with Gasteiger partial charge in [0.2, 0.25) is 5.91 Å². The zero-order chi connectivity index (χ0) is 17.2. The van der Waals surface area contributed by atoms with Gasteiger partial charge in [-0.15, -0.1) is 0 Å². The Labute approximate surface area is 149 Å². The number of carbonyl (C=O) groups excluding carboxylic acids is 1. The van der Waals surface area contributed by atoms with E-state index in [4.69, 9.17) is 16.3 Å². The maximum Gasteiger partial charge on any atom is 0.219 e. The van der Waals surface area contributed by atoms with Gasteiger partial charge < -0.3 is 9.64 Å². The van der Waals surface area contributed by atoms with E-state index in [2.05, 4.69) is 11.0 Å². The van der Waals surface area contributed by atoms with Gasteiger partial charge in [0.1, 0.15) is 0 Å². The highest BCUT2D eigenvalue weighted by Gasteiger charge is 2.48. The Kier molecular flexibility index (Phi) is 5.48. The second-order valence-corrected chi connectivity index (χ2v) is 7.69. The lowest BCUT2D eigenvalue weighted by molar-refractivity contribution is -0.128. The van der Waals surface area contributed by atoms with E-state index in [1.807, 2.05) is 23.1 Å². The van der Waals surface area contributed by atoms with Gasteiger partial charge in [-0.25, -0.2) is 0 Å². The highest BCUT2D eigenvalue weighted by molar-refractivity contribution is 6.31. The first-order chi connectivity index (χ1) is 11.5. The van der Waals surface area contributed by atoms with Crippen molar-refractivity contribution in [2.45, 2.75) is 26.3 Å². The quantitative estimate of drug-likeness (QED) is 0.836. The minimum atomic E-state index is 0.187. The number of rotatable bonds is 4. The monoisotopic (exact) mass is 350 g/mol. The normalized spacial score (nSPS) is 23.8. The molecule has 5 heteroatoms. The van der Waals surface area contributed by atoms with Gasteiger partial charge in [-0.05, 0) is 43.0 Å². The molecule has 2 aliphatic heterocycles. The van der Waals surface area contributed by atoms with Crippen molar-refractivity contribution < 1.29 is 9.53 Å². The molecule has 0 N–H and O–H groups in total. The number of hydrogen-bond donors (Lipinski definition) is 0. The minimum absolute atomic E-state index is 0.187. The molecule has 2 saturated heterocycles. The van der Waals surface area contributed by atoms with Crippen LogP contribution in [-0.4, -0.2) is 55.6 Å². The van der Waals surface area contributed by atoms with Crippen LogP contribution in [0.1, 0.15) is 25.3 Å². The number of benzene rings is 1. The summed E-state index contributed by atoms with van der Waals surface area (Å²) in [6.07, 6.45) is 2.24. The lowest BCUT2D eigenvalue weighted by Crippen LogP contribution is -2.45. The molecule has 1 amide bonds. The average molecular weight is 351 g/mol. The van der Waals surface area contributed by atoms with Gasteiger partial charge in [-0.2, -0.15) is 0 Å². The van der Waals surface area contributed by atoms with Gasteiger partial charge in [-0.1, -0.05) is 29.8 Å². The van der Waals surface area contributed by atoms with Crippen molar-refractivity contribution in [1.29, 1.82) is 0 Å². The highest BCUT2D eigenvalue weighted by atomic mass is 35.5. The molecule has 3 rings (SSSR count). The van der Waals surface area contributed by atoms with E-state index in [9.17, 15) is 4.79 Å². The standard InChI is InChI=1S/C19H27ClN2O2/c1-15(23)22-12-17(13-24-2)19(14-22)7-9-21(10-8-19)11-16-5-3-4-6-18(16)20/h3-6,17H,7-14H2,1-2H3/t17-/m0/s1. The number of halogens is 1. The third-order valence-corrected chi connectivity index (χ3v) is 6.20. The van der Waals surface area contributed by atoms with Gasteiger partial charge in [0.15, 0.2) is 0 Å². The minimum Gasteiger partial charge on any atom is -0.384 e. The van der Waals surface area contributed by atoms with E-state index in [0.29, 0.717) is 5.92 Å². The van der Waals surface area contributed by atoms with Gasteiger partial charge in [0.25, 0.3) is 0 Å². The fourth-order valence-corrected chi connectivity index (χ4v) is 4.49. The summed E-state index contributed by atoms with van der Waals surface area (Å²) in [5.74, 6) is 0.639. The Morgan fingerprint density at radius 1 is 1.33 bits per heavy atom. The molecular formula is C19H27ClN2O2. The first-order valence-corrected chi connectivity index (χ1v) is 9.12. The maximum absolute atomic E-state index is 11.8. The molecule has 132 valence electrons. The first-order valence-electron chi connectivity index (χ1n) is 8.74. The Hall–Kier alpha value is -1.10. The summed E-state index contributed by atoms with van der Waals surface area (Å²) in [4.78, 5) is 16.3. The summed E-state index contributed by atoms with van der Waals surface area (Å²) in [5.41, 5.74) is 1.42. The zero-order valence-corrected chi connectivity index (χ0v) is 15.4. The summed E-state index contributed by atoms with van der Waals surface area (Å²) in [6, 6.07) is 8.08. The van der Waals surface area contributed by atoms with E-state index < -0.39 is 0 Å². The molecule has 4 nitrogen and oxygen atoms in total. The Morgan fingerprint density at radius 3 is 2.67 bits per heavy atom. The Balaban J connectivity index is 1.64. The summed E-state index contributed by atoms with van der Waals surface area (Å²) in [6.45, 7) is 7.16. The number of carbonyl (C=O) groups is 1. The molecule has 0 aromatic heterocycles. The van der Waals surface area contributed by atoms with Gasteiger partial charge in [0, 0.05) is 44.6 Å². The molecular weight excluding hydrogens is 324 g/mol. The second kappa shape index (κ2) is 7.42. The van der Waals surface area contributed by atoms with Gasteiger partial charge in [0.05, 0.1) is 6.61 Å². The number of amides is 1. The van der Waals surface area contributed by atoms with Crippen molar-refractivity contribution in [3.05, 3.63) is 34.9 Å². The van der Waals surface area contributed by atoms with Crippen molar-refractivity contribution in [3.63, 3.8) is 0 Å². The van der Waals surface area contributed by atoms with Crippen molar-refractivity contribution in [2.24, 2.45) is 11.3 Å². The lowest BCUT2D eigenvalue weighted by Gasteiger charge is -2.42. The van der Waals surface area contributed by atoms with Crippen LogP contribution in [0.25, 0.3) is 0 Å². The number of hydrogen-bond acceptors (Lipinski definition) is 3. The maximum atomic E-state index is 11.8. The van der Waals surface area contributed by atoms with Crippen LogP contribution >= 0.6 is 11.6 Å². The van der Waals surface area contributed by atoms with Crippen LogP contribution in [0.15, 0.2) is 24.3 Å². The Morgan fingerprint density at radius 2 is 2.04 bits per heavy atom. The molecule has 2 aliphatic rings. The highest BCUT2D eigenvalue weighted by Crippen LogP contribution is 2.45. The third kappa shape index (κ3) is 3.61. The summed E-state index contributed by atoms with van der Waals surface area (Å²) >= 11 is 6.30. The van der Waals surface area contributed by atoms with Gasteiger partial charge >= 0.3 is 0 Å². The van der Waals surface area contributed by atoms with Crippen LogP contribution in [0.2, 0.25) is 5.02 Å². The van der Waals surface area contributed by atoms with Crippen molar-refractivity contribution >= 4 is 17.5 Å². The number of methoxy groups -OCH3 is 1. The fourth-order valence-electron chi connectivity index (χ4n) is 4.29. The van der Waals surface area contributed by atoms with Gasteiger partial charge in [-0.3, -0.25) is 9.69 Å². The molecule has 0 saturated carbocycles. The smallest absolute Gasteiger partial charge is 0.219 e. The van der Waals surface area contributed by atoms with Crippen molar-refractivity contribution in [3.8, 4) is 0 Å². The molecule has 0 aliphatic carbocycles. The topological polar surface area (TPSA) is 32.8 Å². The lowest BCUT2D eigenvalue weighted by atomic mass is 9.71. The summed E-state index contributed by atoms with van der Waals surface area (Å²) in [5, 5.41) is 0.846. The second-order valence-electron chi connectivity index (χ2n) is 7.28. The fraction of sp³-hybridized carbons (Fsp3) is 0.632. The van der Waals surface area contributed by atoms with E-state index in [1.54, 1.807) is 14.0 Å². The molecule has 1 aromatic rings. The largest absolute Gasteiger partial charge is 0.384 e. The number of piperidine rings is 1. The summed E-state index contributed by atoms with van der Waals surface area (Å²) in [7, 11) is 1.76. The predicted octanol–water partition coefficient (Wildman–Crippen LogP) is 3.05. The first kappa shape index (κ1) is 17.7. The van der Waals surface area contributed by atoms with E-state index in [-0.39, 0.29) is 11.3 Å².